The molecule has 0 bridgehead atoms. The van der Waals surface area contributed by atoms with Gasteiger partial charge in [0.15, 0.2) is 8.32 Å². The van der Waals surface area contributed by atoms with Crippen LogP contribution in [0.5, 0.6) is 0 Å². The Balaban J connectivity index is 3.99. The molecule has 0 aromatic carbocycles. The zero-order valence-electron chi connectivity index (χ0n) is 8.35. The van der Waals surface area contributed by atoms with Crippen molar-refractivity contribution in [1.82, 2.24) is 0 Å². The van der Waals surface area contributed by atoms with Gasteiger partial charge in [-0.15, -0.1) is 6.58 Å². The fourth-order valence-corrected chi connectivity index (χ4v) is 2.05. The first-order valence-electron chi connectivity index (χ1n) is 4.17. The minimum atomic E-state index is -1.38. The van der Waals surface area contributed by atoms with E-state index in [2.05, 4.69) is 40.1 Å². The summed E-state index contributed by atoms with van der Waals surface area (Å²) in [6.45, 7) is 14.7. The smallest absolute Gasteiger partial charge is 0.184 e. The molecule has 11 heavy (non-hydrogen) atoms. The first-order valence-corrected chi connectivity index (χ1v) is 7.58. The molecule has 0 rings (SSSR count). The molecule has 0 aliphatic carbocycles. The van der Waals surface area contributed by atoms with Crippen molar-refractivity contribution < 1.29 is 4.43 Å². The van der Waals surface area contributed by atoms with E-state index in [0.717, 1.165) is 0 Å². The highest BCUT2D eigenvalue weighted by molar-refractivity contribution is 6.69. The highest BCUT2D eigenvalue weighted by Crippen LogP contribution is 2.14. The molecule has 0 saturated carbocycles. The summed E-state index contributed by atoms with van der Waals surface area (Å²) < 4.78 is 5.87. The van der Waals surface area contributed by atoms with Gasteiger partial charge < -0.3 is 4.43 Å². The van der Waals surface area contributed by atoms with E-state index in [1.807, 2.05) is 6.08 Å². The SMILES string of the molecule is C=CC(O[Si](C)(C)C)C(C)C. The number of rotatable bonds is 4. The third-order valence-corrected chi connectivity index (χ3v) is 2.36. The van der Waals surface area contributed by atoms with E-state index >= 15 is 0 Å². The Kier molecular flexibility index (Phi) is 4.04. The summed E-state index contributed by atoms with van der Waals surface area (Å²) >= 11 is 0. The summed E-state index contributed by atoms with van der Waals surface area (Å²) in [4.78, 5) is 0. The van der Waals surface area contributed by atoms with Crippen LogP contribution >= 0.6 is 0 Å². The van der Waals surface area contributed by atoms with Crippen molar-refractivity contribution in [2.75, 3.05) is 0 Å². The van der Waals surface area contributed by atoms with Crippen LogP contribution in [0.25, 0.3) is 0 Å². The lowest BCUT2D eigenvalue weighted by molar-refractivity contribution is 0.191. The molecule has 0 saturated heterocycles. The first kappa shape index (κ1) is 10.9. The van der Waals surface area contributed by atoms with Crippen molar-refractivity contribution in [3.8, 4) is 0 Å². The van der Waals surface area contributed by atoms with Crippen LogP contribution in [-0.4, -0.2) is 14.4 Å². The molecule has 0 aromatic rings. The Bertz CT molecular complexity index is 124. The zero-order valence-corrected chi connectivity index (χ0v) is 9.35. The highest BCUT2D eigenvalue weighted by atomic mass is 28.4. The van der Waals surface area contributed by atoms with Gasteiger partial charge in [-0.25, -0.2) is 0 Å². The minimum absolute atomic E-state index is 0.238. The van der Waals surface area contributed by atoms with Crippen LogP contribution in [0.4, 0.5) is 0 Å². The van der Waals surface area contributed by atoms with Gasteiger partial charge in [-0.1, -0.05) is 19.9 Å². The number of hydrogen-bond donors (Lipinski definition) is 0. The van der Waals surface area contributed by atoms with Gasteiger partial charge in [-0.2, -0.15) is 0 Å². The second-order valence-corrected chi connectivity index (χ2v) is 8.64. The first-order chi connectivity index (χ1) is 4.87. The van der Waals surface area contributed by atoms with Gasteiger partial charge in [-0.3, -0.25) is 0 Å². The third kappa shape index (κ3) is 5.22. The predicted molar refractivity (Wildman–Crippen MR) is 53.3 cm³/mol. The fourth-order valence-electron chi connectivity index (χ4n) is 0.865. The van der Waals surface area contributed by atoms with Crippen LogP contribution < -0.4 is 0 Å². The van der Waals surface area contributed by atoms with E-state index in [4.69, 9.17) is 4.43 Å². The summed E-state index contributed by atoms with van der Waals surface area (Å²) in [6, 6.07) is 0. The maximum absolute atomic E-state index is 5.87. The lowest BCUT2D eigenvalue weighted by Crippen LogP contribution is -2.33. The summed E-state index contributed by atoms with van der Waals surface area (Å²) in [5, 5.41) is 0. The molecule has 66 valence electrons. The van der Waals surface area contributed by atoms with Gasteiger partial charge in [0.1, 0.15) is 0 Å². The monoisotopic (exact) mass is 172 g/mol. The summed E-state index contributed by atoms with van der Waals surface area (Å²) in [6.07, 6.45) is 2.14. The molecule has 1 unspecified atom stereocenters. The van der Waals surface area contributed by atoms with E-state index in [0.29, 0.717) is 5.92 Å². The van der Waals surface area contributed by atoms with Crippen LogP contribution in [0.1, 0.15) is 13.8 Å². The molecule has 0 spiro atoms. The average Bonchev–Trinajstić information content (AvgIpc) is 1.80. The quantitative estimate of drug-likeness (QED) is 0.468. The Morgan fingerprint density at radius 3 is 1.82 bits per heavy atom. The van der Waals surface area contributed by atoms with Crippen molar-refractivity contribution >= 4 is 8.32 Å². The van der Waals surface area contributed by atoms with E-state index in [1.54, 1.807) is 0 Å². The van der Waals surface area contributed by atoms with E-state index in [-0.39, 0.29) is 6.10 Å². The Hall–Kier alpha value is -0.0831. The molecular formula is C9H20OSi. The molecule has 1 nitrogen and oxygen atoms in total. The average molecular weight is 172 g/mol. The van der Waals surface area contributed by atoms with Crippen molar-refractivity contribution in [3.63, 3.8) is 0 Å². The second-order valence-electron chi connectivity index (χ2n) is 4.17. The van der Waals surface area contributed by atoms with Gasteiger partial charge in [0, 0.05) is 0 Å². The molecule has 0 amide bonds. The summed E-state index contributed by atoms with van der Waals surface area (Å²) in [5.41, 5.74) is 0. The minimum Gasteiger partial charge on any atom is -0.411 e. The highest BCUT2D eigenvalue weighted by Gasteiger charge is 2.20. The van der Waals surface area contributed by atoms with E-state index < -0.39 is 8.32 Å². The van der Waals surface area contributed by atoms with Gasteiger partial charge in [0.25, 0.3) is 0 Å². The molecule has 1 atom stereocenters. The van der Waals surface area contributed by atoms with Crippen molar-refractivity contribution in [1.29, 1.82) is 0 Å². The fraction of sp³-hybridized carbons (Fsp3) is 0.778. The second kappa shape index (κ2) is 4.07. The van der Waals surface area contributed by atoms with Gasteiger partial charge in [0.2, 0.25) is 0 Å². The van der Waals surface area contributed by atoms with Gasteiger partial charge in [-0.05, 0) is 25.6 Å². The van der Waals surface area contributed by atoms with E-state index in [9.17, 15) is 0 Å². The standard InChI is InChI=1S/C9H20OSi/c1-7-9(8(2)3)10-11(4,5)6/h7-9H,1H2,2-6H3. The Labute approximate surface area is 71.6 Å². The van der Waals surface area contributed by atoms with Crippen molar-refractivity contribution in [3.05, 3.63) is 12.7 Å². The lowest BCUT2D eigenvalue weighted by atomic mass is 10.1. The Morgan fingerprint density at radius 1 is 1.27 bits per heavy atom. The topological polar surface area (TPSA) is 9.23 Å². The van der Waals surface area contributed by atoms with Gasteiger partial charge in [0.05, 0.1) is 6.10 Å². The largest absolute Gasteiger partial charge is 0.411 e. The van der Waals surface area contributed by atoms with Crippen molar-refractivity contribution in [2.24, 2.45) is 5.92 Å². The summed E-state index contributed by atoms with van der Waals surface area (Å²) in [7, 11) is -1.38. The van der Waals surface area contributed by atoms with Crippen LogP contribution in [0, 0.1) is 5.92 Å². The molecule has 0 aliphatic rings. The normalized spacial score (nSPS) is 15.1. The van der Waals surface area contributed by atoms with Gasteiger partial charge >= 0.3 is 0 Å². The zero-order chi connectivity index (χ0) is 9.07. The lowest BCUT2D eigenvalue weighted by Gasteiger charge is -2.26. The number of hydrogen-bond acceptors (Lipinski definition) is 1. The molecular weight excluding hydrogens is 152 g/mol. The third-order valence-electron chi connectivity index (χ3n) is 1.38. The molecule has 0 aromatic heterocycles. The summed E-state index contributed by atoms with van der Waals surface area (Å²) in [5.74, 6) is 0.541. The van der Waals surface area contributed by atoms with Crippen LogP contribution in [0.2, 0.25) is 19.6 Å². The molecule has 0 radical (unpaired) electrons. The van der Waals surface area contributed by atoms with E-state index in [1.165, 1.54) is 0 Å². The van der Waals surface area contributed by atoms with Crippen LogP contribution in [0.3, 0.4) is 0 Å². The Morgan fingerprint density at radius 2 is 1.73 bits per heavy atom. The molecule has 0 aliphatic heterocycles. The molecule has 2 heteroatoms. The maximum Gasteiger partial charge on any atom is 0.184 e. The molecule has 0 heterocycles. The van der Waals surface area contributed by atoms with Crippen LogP contribution in [0.15, 0.2) is 12.7 Å². The molecule has 0 N–H and O–H groups in total. The van der Waals surface area contributed by atoms with Crippen LogP contribution in [-0.2, 0) is 4.43 Å². The predicted octanol–water partition coefficient (Wildman–Crippen LogP) is 3.05. The maximum atomic E-state index is 5.87. The molecule has 0 fully saturated rings. The van der Waals surface area contributed by atoms with Crippen molar-refractivity contribution in [2.45, 2.75) is 39.6 Å².